The number of aromatic nitrogens is 2. The molecule has 1 aromatic heterocycles. The van der Waals surface area contributed by atoms with Gasteiger partial charge in [0.25, 0.3) is 5.91 Å². The second kappa shape index (κ2) is 9.36. The van der Waals surface area contributed by atoms with E-state index in [4.69, 9.17) is 0 Å². The number of aryl methyl sites for hydroxylation is 2. The number of benzene rings is 2. The molecule has 0 bridgehead atoms. The van der Waals surface area contributed by atoms with Crippen molar-refractivity contribution < 1.29 is 22.8 Å². The molecule has 3 aromatic rings. The van der Waals surface area contributed by atoms with Gasteiger partial charge in [-0.05, 0) is 43.3 Å². The van der Waals surface area contributed by atoms with E-state index in [0.29, 0.717) is 32.7 Å². The van der Waals surface area contributed by atoms with E-state index in [1.54, 1.807) is 14.0 Å². The van der Waals surface area contributed by atoms with Gasteiger partial charge in [0.15, 0.2) is 0 Å². The van der Waals surface area contributed by atoms with Crippen molar-refractivity contribution in [2.24, 2.45) is 0 Å². The van der Waals surface area contributed by atoms with Gasteiger partial charge in [-0.15, -0.1) is 0 Å². The summed E-state index contributed by atoms with van der Waals surface area (Å²) in [7, 11) is 0. The highest BCUT2D eigenvalue weighted by Gasteiger charge is 2.31. The number of halogens is 3. The zero-order valence-electron chi connectivity index (χ0n) is 18.7. The molecule has 10 heteroatoms. The van der Waals surface area contributed by atoms with Crippen molar-refractivity contribution in [1.82, 2.24) is 18.9 Å². The second-order valence-electron chi connectivity index (χ2n) is 8.17. The fraction of sp³-hybridized carbons (Fsp3) is 0.375. The zero-order chi connectivity index (χ0) is 24.5. The number of alkyl halides is 3. The average molecular weight is 474 g/mol. The number of piperazine rings is 1. The van der Waals surface area contributed by atoms with Crippen molar-refractivity contribution in [2.45, 2.75) is 32.6 Å². The topological polar surface area (TPSA) is 67.6 Å². The molecule has 0 atom stereocenters. The van der Waals surface area contributed by atoms with Crippen molar-refractivity contribution >= 4 is 22.8 Å². The molecule has 0 saturated carbocycles. The molecule has 0 aliphatic carbocycles. The highest BCUT2D eigenvalue weighted by Crippen LogP contribution is 2.29. The van der Waals surface area contributed by atoms with Gasteiger partial charge in [0.05, 0.1) is 16.6 Å². The Morgan fingerprint density at radius 2 is 1.41 bits per heavy atom. The van der Waals surface area contributed by atoms with Crippen LogP contribution in [0.2, 0.25) is 0 Å². The number of fused-ring (bicyclic) bond motifs is 1. The minimum Gasteiger partial charge on any atom is -0.339 e. The molecular formula is C24H25F3N4O3. The van der Waals surface area contributed by atoms with Gasteiger partial charge in [0.1, 0.15) is 0 Å². The van der Waals surface area contributed by atoms with Crippen molar-refractivity contribution in [3.05, 3.63) is 70.1 Å². The normalized spacial score (nSPS) is 14.6. The molecule has 1 aliphatic heterocycles. The number of hydrogen-bond donors (Lipinski definition) is 0. The summed E-state index contributed by atoms with van der Waals surface area (Å²) in [5.74, 6) is -0.471. The van der Waals surface area contributed by atoms with Crippen LogP contribution in [0.1, 0.15) is 29.3 Å². The minimum atomic E-state index is -4.45. The van der Waals surface area contributed by atoms with Crippen molar-refractivity contribution in [3.8, 4) is 0 Å². The van der Waals surface area contributed by atoms with Crippen LogP contribution in [0.25, 0.3) is 11.0 Å². The number of carbonyl (C=O) groups excluding carboxylic acids is 2. The van der Waals surface area contributed by atoms with E-state index in [9.17, 15) is 27.6 Å². The van der Waals surface area contributed by atoms with Crippen LogP contribution in [0.5, 0.6) is 0 Å². The standard InChI is InChI=1S/C24H25F3N4O3/c1-2-30-19-5-3-4-6-20(19)31(23(30)34)12-11-21(32)28-13-15-29(16-14-28)22(33)17-7-9-18(10-8-17)24(25,26)27/h3-10H,2,11-16H2,1H3. The zero-order valence-corrected chi connectivity index (χ0v) is 18.7. The Balaban J connectivity index is 1.35. The fourth-order valence-corrected chi connectivity index (χ4v) is 4.30. The molecule has 7 nitrogen and oxygen atoms in total. The molecule has 0 N–H and O–H groups in total. The lowest BCUT2D eigenvalue weighted by atomic mass is 10.1. The van der Waals surface area contributed by atoms with Crippen LogP contribution in [0, 0.1) is 0 Å². The van der Waals surface area contributed by atoms with Crippen LogP contribution in [0.4, 0.5) is 13.2 Å². The molecule has 2 heterocycles. The lowest BCUT2D eigenvalue weighted by Crippen LogP contribution is -2.50. The largest absolute Gasteiger partial charge is 0.416 e. The third-order valence-electron chi connectivity index (χ3n) is 6.17. The van der Waals surface area contributed by atoms with E-state index in [-0.39, 0.29) is 36.0 Å². The van der Waals surface area contributed by atoms with Crippen molar-refractivity contribution in [3.63, 3.8) is 0 Å². The number of rotatable bonds is 5. The first kappa shape index (κ1) is 23.6. The van der Waals surface area contributed by atoms with Crippen LogP contribution in [-0.4, -0.2) is 56.9 Å². The van der Waals surface area contributed by atoms with E-state index in [1.807, 2.05) is 31.2 Å². The van der Waals surface area contributed by atoms with Gasteiger partial charge in [0, 0.05) is 51.3 Å². The second-order valence-corrected chi connectivity index (χ2v) is 8.17. The molecule has 0 radical (unpaired) electrons. The van der Waals surface area contributed by atoms with E-state index in [1.165, 1.54) is 17.0 Å². The first-order chi connectivity index (χ1) is 16.2. The molecule has 34 heavy (non-hydrogen) atoms. The van der Waals surface area contributed by atoms with Gasteiger partial charge < -0.3 is 9.80 Å². The summed E-state index contributed by atoms with van der Waals surface area (Å²) in [6.07, 6.45) is -4.30. The molecule has 0 spiro atoms. The number of nitrogens with zero attached hydrogens (tertiary/aromatic N) is 4. The molecule has 2 amide bonds. The number of imidazole rings is 1. The lowest BCUT2D eigenvalue weighted by molar-refractivity contribution is -0.137. The van der Waals surface area contributed by atoms with Gasteiger partial charge in [-0.3, -0.25) is 18.7 Å². The maximum atomic E-state index is 12.8. The Kier molecular flexibility index (Phi) is 6.49. The van der Waals surface area contributed by atoms with Crippen LogP contribution >= 0.6 is 0 Å². The average Bonchev–Trinajstić information content (AvgIpc) is 3.12. The highest BCUT2D eigenvalue weighted by molar-refractivity contribution is 5.94. The molecule has 180 valence electrons. The molecule has 1 fully saturated rings. The Bertz CT molecular complexity index is 1250. The predicted octanol–water partition coefficient (Wildman–Crippen LogP) is 3.22. The Morgan fingerprint density at radius 3 is 1.97 bits per heavy atom. The predicted molar refractivity (Wildman–Crippen MR) is 120 cm³/mol. The van der Waals surface area contributed by atoms with Gasteiger partial charge >= 0.3 is 11.9 Å². The van der Waals surface area contributed by atoms with Gasteiger partial charge in [0.2, 0.25) is 5.91 Å². The Labute approximate surface area is 194 Å². The lowest BCUT2D eigenvalue weighted by Gasteiger charge is -2.35. The maximum absolute atomic E-state index is 12.8. The van der Waals surface area contributed by atoms with Crippen molar-refractivity contribution in [1.29, 1.82) is 0 Å². The summed E-state index contributed by atoms with van der Waals surface area (Å²) in [6.45, 7) is 3.94. The quantitative estimate of drug-likeness (QED) is 0.571. The first-order valence-corrected chi connectivity index (χ1v) is 11.1. The van der Waals surface area contributed by atoms with E-state index in [0.717, 1.165) is 23.2 Å². The maximum Gasteiger partial charge on any atom is 0.416 e. The number of carbonyl (C=O) groups is 2. The monoisotopic (exact) mass is 474 g/mol. The van der Waals surface area contributed by atoms with Crippen LogP contribution < -0.4 is 5.69 Å². The SMILES string of the molecule is CCn1c(=O)n(CCC(=O)N2CCN(C(=O)c3ccc(C(F)(F)F)cc3)CC2)c2ccccc21. The summed E-state index contributed by atoms with van der Waals surface area (Å²) in [5.41, 5.74) is 0.843. The third-order valence-corrected chi connectivity index (χ3v) is 6.17. The smallest absolute Gasteiger partial charge is 0.339 e. The number of hydrogen-bond acceptors (Lipinski definition) is 3. The number of para-hydroxylation sites is 2. The molecule has 2 aromatic carbocycles. The fourth-order valence-electron chi connectivity index (χ4n) is 4.30. The van der Waals surface area contributed by atoms with Crippen molar-refractivity contribution in [2.75, 3.05) is 26.2 Å². The van der Waals surface area contributed by atoms with Crippen LogP contribution in [0.3, 0.4) is 0 Å². The van der Waals surface area contributed by atoms with E-state index >= 15 is 0 Å². The summed E-state index contributed by atoms with van der Waals surface area (Å²) >= 11 is 0. The molecular weight excluding hydrogens is 449 g/mol. The number of amides is 2. The molecule has 1 aliphatic rings. The van der Waals surface area contributed by atoms with Gasteiger partial charge in [-0.2, -0.15) is 13.2 Å². The first-order valence-electron chi connectivity index (χ1n) is 11.1. The summed E-state index contributed by atoms with van der Waals surface area (Å²) in [5, 5.41) is 0. The van der Waals surface area contributed by atoms with Crippen LogP contribution in [-0.2, 0) is 24.1 Å². The molecule has 4 rings (SSSR count). The summed E-state index contributed by atoms with van der Waals surface area (Å²) in [4.78, 5) is 41.3. The third kappa shape index (κ3) is 4.57. The van der Waals surface area contributed by atoms with Gasteiger partial charge in [-0.25, -0.2) is 4.79 Å². The molecule has 1 saturated heterocycles. The van der Waals surface area contributed by atoms with E-state index < -0.39 is 11.7 Å². The van der Waals surface area contributed by atoms with Gasteiger partial charge in [-0.1, -0.05) is 12.1 Å². The highest BCUT2D eigenvalue weighted by atomic mass is 19.4. The Hall–Kier alpha value is -3.56. The van der Waals surface area contributed by atoms with E-state index in [2.05, 4.69) is 0 Å². The van der Waals surface area contributed by atoms with Crippen LogP contribution in [0.15, 0.2) is 53.3 Å². The summed E-state index contributed by atoms with van der Waals surface area (Å²) < 4.78 is 41.5. The Morgan fingerprint density at radius 1 is 0.853 bits per heavy atom. The molecule has 0 unspecified atom stereocenters. The summed E-state index contributed by atoms with van der Waals surface area (Å²) in [6, 6.07) is 11.6. The minimum absolute atomic E-state index is 0.109.